The Morgan fingerprint density at radius 3 is 2.76 bits per heavy atom. The number of hydrogen-bond donors (Lipinski definition) is 1. The van der Waals surface area contributed by atoms with Crippen molar-refractivity contribution in [3.8, 4) is 0 Å². The van der Waals surface area contributed by atoms with Crippen LogP contribution in [0.25, 0.3) is 0 Å². The molecule has 1 aromatic heterocycles. The SMILES string of the molecule is Cl.Cn1cc([C@H]2CNC[C@@H]2C(=O)N2CCCC2(C)C)cn1. The molecule has 118 valence electrons. The van der Waals surface area contributed by atoms with Crippen molar-refractivity contribution in [3.05, 3.63) is 18.0 Å². The topological polar surface area (TPSA) is 50.2 Å². The Labute approximate surface area is 132 Å². The summed E-state index contributed by atoms with van der Waals surface area (Å²) < 4.78 is 1.81. The Hall–Kier alpha value is -1.07. The van der Waals surface area contributed by atoms with E-state index in [1.807, 2.05) is 24.1 Å². The maximum atomic E-state index is 12.9. The van der Waals surface area contributed by atoms with Crippen molar-refractivity contribution in [2.45, 2.75) is 38.1 Å². The zero-order valence-corrected chi connectivity index (χ0v) is 13.8. The molecule has 2 saturated heterocycles. The smallest absolute Gasteiger partial charge is 0.228 e. The number of aryl methyl sites for hydroxylation is 1. The minimum Gasteiger partial charge on any atom is -0.337 e. The van der Waals surface area contributed by atoms with E-state index in [1.165, 1.54) is 5.56 Å². The summed E-state index contributed by atoms with van der Waals surface area (Å²) in [4.78, 5) is 15.0. The average Bonchev–Trinajstić information content (AvgIpc) is 3.06. The van der Waals surface area contributed by atoms with Crippen molar-refractivity contribution in [2.24, 2.45) is 13.0 Å². The van der Waals surface area contributed by atoms with Crippen LogP contribution >= 0.6 is 12.4 Å². The first-order valence-electron chi connectivity index (χ1n) is 7.50. The number of aromatic nitrogens is 2. The lowest BCUT2D eigenvalue weighted by atomic mass is 9.88. The summed E-state index contributed by atoms with van der Waals surface area (Å²) in [6, 6.07) is 0. The highest BCUT2D eigenvalue weighted by Gasteiger charge is 2.42. The number of carbonyl (C=O) groups excluding carboxylic acids is 1. The zero-order valence-electron chi connectivity index (χ0n) is 13.0. The minimum atomic E-state index is 0. The molecule has 0 radical (unpaired) electrons. The van der Waals surface area contributed by atoms with Gasteiger partial charge in [-0.05, 0) is 32.3 Å². The fraction of sp³-hybridized carbons (Fsp3) is 0.733. The Bertz CT molecular complexity index is 514. The van der Waals surface area contributed by atoms with Crippen LogP contribution in [-0.4, -0.2) is 45.8 Å². The highest BCUT2D eigenvalue weighted by molar-refractivity contribution is 5.85. The molecule has 6 heteroatoms. The molecule has 3 heterocycles. The third kappa shape index (κ3) is 2.94. The maximum absolute atomic E-state index is 12.9. The zero-order chi connectivity index (χ0) is 14.3. The number of nitrogens with one attached hydrogen (secondary N) is 1. The standard InChI is InChI=1S/C15H24N4O.ClH/c1-15(2)5-4-6-19(15)14(20)13-9-16-8-12(13)11-7-17-18(3)10-11;/h7,10,12-13,16H,4-6,8-9H2,1-3H3;1H/t12-,13+;/m1./s1. The van der Waals surface area contributed by atoms with Crippen LogP contribution < -0.4 is 5.32 Å². The van der Waals surface area contributed by atoms with Crippen molar-refractivity contribution in [2.75, 3.05) is 19.6 Å². The molecule has 21 heavy (non-hydrogen) atoms. The van der Waals surface area contributed by atoms with E-state index in [1.54, 1.807) is 0 Å². The third-order valence-electron chi connectivity index (χ3n) is 4.85. The van der Waals surface area contributed by atoms with Crippen LogP contribution in [0.1, 0.15) is 38.2 Å². The van der Waals surface area contributed by atoms with E-state index in [2.05, 4.69) is 29.2 Å². The van der Waals surface area contributed by atoms with Gasteiger partial charge in [-0.3, -0.25) is 9.48 Å². The van der Waals surface area contributed by atoms with Crippen molar-refractivity contribution in [3.63, 3.8) is 0 Å². The first kappa shape index (κ1) is 16.3. The van der Waals surface area contributed by atoms with Gasteiger partial charge in [-0.15, -0.1) is 12.4 Å². The molecule has 3 rings (SSSR count). The lowest BCUT2D eigenvalue weighted by Crippen LogP contribution is -2.47. The van der Waals surface area contributed by atoms with E-state index in [-0.39, 0.29) is 29.8 Å². The lowest BCUT2D eigenvalue weighted by Gasteiger charge is -2.34. The van der Waals surface area contributed by atoms with Gasteiger partial charge in [0.25, 0.3) is 0 Å². The number of amides is 1. The van der Waals surface area contributed by atoms with Crippen LogP contribution in [0.15, 0.2) is 12.4 Å². The summed E-state index contributed by atoms with van der Waals surface area (Å²) >= 11 is 0. The largest absolute Gasteiger partial charge is 0.337 e. The molecule has 2 fully saturated rings. The van der Waals surface area contributed by atoms with E-state index in [9.17, 15) is 4.79 Å². The van der Waals surface area contributed by atoms with Crippen LogP contribution in [0.5, 0.6) is 0 Å². The van der Waals surface area contributed by atoms with Crippen LogP contribution in [0.3, 0.4) is 0 Å². The fourth-order valence-corrected chi connectivity index (χ4v) is 3.64. The van der Waals surface area contributed by atoms with Crippen LogP contribution in [-0.2, 0) is 11.8 Å². The first-order valence-corrected chi connectivity index (χ1v) is 7.50. The number of likely N-dealkylation sites (tertiary alicyclic amines) is 1. The van der Waals surface area contributed by atoms with Crippen molar-refractivity contribution in [1.29, 1.82) is 0 Å². The molecule has 2 atom stereocenters. The van der Waals surface area contributed by atoms with Gasteiger partial charge in [0.15, 0.2) is 0 Å². The highest BCUT2D eigenvalue weighted by Crippen LogP contribution is 2.35. The lowest BCUT2D eigenvalue weighted by molar-refractivity contribution is -0.138. The molecule has 1 amide bonds. The van der Waals surface area contributed by atoms with Gasteiger partial charge in [0.05, 0.1) is 12.1 Å². The summed E-state index contributed by atoms with van der Waals surface area (Å²) in [7, 11) is 1.92. The van der Waals surface area contributed by atoms with Crippen molar-refractivity contribution >= 4 is 18.3 Å². The molecule has 1 N–H and O–H groups in total. The molecular formula is C15H25ClN4O. The second-order valence-electron chi connectivity index (χ2n) is 6.72. The van der Waals surface area contributed by atoms with Crippen LogP contribution in [0.4, 0.5) is 0 Å². The number of carbonyl (C=O) groups is 1. The predicted octanol–water partition coefficient (Wildman–Crippen LogP) is 1.55. The number of halogens is 1. The molecule has 0 bridgehead atoms. The molecule has 2 aliphatic rings. The van der Waals surface area contributed by atoms with E-state index in [4.69, 9.17) is 0 Å². The van der Waals surface area contributed by atoms with Gasteiger partial charge in [0, 0.05) is 44.3 Å². The number of rotatable bonds is 2. The fourth-order valence-electron chi connectivity index (χ4n) is 3.64. The van der Waals surface area contributed by atoms with E-state index < -0.39 is 0 Å². The molecule has 0 saturated carbocycles. The first-order chi connectivity index (χ1) is 9.49. The monoisotopic (exact) mass is 312 g/mol. The molecule has 5 nitrogen and oxygen atoms in total. The van der Waals surface area contributed by atoms with Crippen molar-refractivity contribution < 1.29 is 4.79 Å². The summed E-state index contributed by atoms with van der Waals surface area (Å²) in [6.07, 6.45) is 6.16. The molecule has 0 aromatic carbocycles. The van der Waals surface area contributed by atoms with Crippen molar-refractivity contribution in [1.82, 2.24) is 20.0 Å². The Balaban J connectivity index is 0.00000161. The molecule has 1 aromatic rings. The Morgan fingerprint density at radius 1 is 1.43 bits per heavy atom. The van der Waals surface area contributed by atoms with Gasteiger partial charge < -0.3 is 10.2 Å². The minimum absolute atomic E-state index is 0. The Morgan fingerprint density at radius 2 is 2.19 bits per heavy atom. The second kappa shape index (κ2) is 5.97. The quantitative estimate of drug-likeness (QED) is 0.901. The van der Waals surface area contributed by atoms with E-state index >= 15 is 0 Å². The summed E-state index contributed by atoms with van der Waals surface area (Å²) in [5.41, 5.74) is 1.19. The van der Waals surface area contributed by atoms with Gasteiger partial charge in [-0.1, -0.05) is 0 Å². The molecule has 0 aliphatic carbocycles. The summed E-state index contributed by atoms with van der Waals surface area (Å²) in [5.74, 6) is 0.621. The molecular weight excluding hydrogens is 288 g/mol. The average molecular weight is 313 g/mol. The van der Waals surface area contributed by atoms with Crippen LogP contribution in [0.2, 0.25) is 0 Å². The maximum Gasteiger partial charge on any atom is 0.228 e. The van der Waals surface area contributed by atoms with Crippen LogP contribution in [0, 0.1) is 5.92 Å². The molecule has 2 aliphatic heterocycles. The van der Waals surface area contributed by atoms with E-state index in [0.717, 1.165) is 32.5 Å². The van der Waals surface area contributed by atoms with Gasteiger partial charge in [0.2, 0.25) is 5.91 Å². The number of hydrogen-bond acceptors (Lipinski definition) is 3. The van der Waals surface area contributed by atoms with E-state index in [0.29, 0.717) is 5.91 Å². The molecule has 0 spiro atoms. The Kier molecular flexibility index (Phi) is 4.63. The summed E-state index contributed by atoms with van der Waals surface area (Å²) in [5, 5.41) is 7.62. The van der Waals surface area contributed by atoms with Gasteiger partial charge in [-0.2, -0.15) is 5.10 Å². The summed E-state index contributed by atoms with van der Waals surface area (Å²) in [6.45, 7) is 6.92. The van der Waals surface area contributed by atoms with Gasteiger partial charge in [0.1, 0.15) is 0 Å². The highest BCUT2D eigenvalue weighted by atomic mass is 35.5. The third-order valence-corrected chi connectivity index (χ3v) is 4.85. The van der Waals surface area contributed by atoms with Gasteiger partial charge >= 0.3 is 0 Å². The van der Waals surface area contributed by atoms with Gasteiger partial charge in [-0.25, -0.2) is 0 Å². The predicted molar refractivity (Wildman–Crippen MR) is 84.6 cm³/mol. The number of nitrogens with zero attached hydrogens (tertiary/aromatic N) is 3. The second-order valence-corrected chi connectivity index (χ2v) is 6.72. The normalized spacial score (nSPS) is 27.7. The molecule has 0 unspecified atom stereocenters.